The molecule has 0 bridgehead atoms. The molecule has 2 nitrogen and oxygen atoms in total. The summed E-state index contributed by atoms with van der Waals surface area (Å²) in [6.45, 7) is 4.41. The molecule has 2 aliphatic rings. The fourth-order valence-electron chi connectivity index (χ4n) is 1.64. The van der Waals surface area contributed by atoms with E-state index in [2.05, 4.69) is 29.0 Å². The van der Waals surface area contributed by atoms with E-state index in [0.29, 0.717) is 0 Å². The van der Waals surface area contributed by atoms with Gasteiger partial charge in [0.1, 0.15) is 0 Å². The van der Waals surface area contributed by atoms with Gasteiger partial charge < -0.3 is 5.32 Å². The van der Waals surface area contributed by atoms with Crippen molar-refractivity contribution in [1.82, 2.24) is 5.32 Å². The molecule has 2 aliphatic heterocycles. The minimum absolute atomic E-state index is 0.757. The first-order chi connectivity index (χ1) is 6.84. The molecule has 1 saturated heterocycles. The van der Waals surface area contributed by atoms with Crippen molar-refractivity contribution in [2.75, 3.05) is 30.3 Å². The third kappa shape index (κ3) is 3.09. The zero-order valence-corrected chi connectivity index (χ0v) is 10.3. The van der Waals surface area contributed by atoms with E-state index < -0.39 is 0 Å². The fraction of sp³-hybridized carbons (Fsp3) is 0.900. The second-order valence-corrected chi connectivity index (χ2v) is 6.33. The lowest BCUT2D eigenvalue weighted by Crippen LogP contribution is -2.30. The van der Waals surface area contributed by atoms with E-state index in [9.17, 15) is 0 Å². The van der Waals surface area contributed by atoms with Gasteiger partial charge in [0.15, 0.2) is 5.17 Å². The number of thioether (sulfide) groups is 2. The molecule has 0 radical (unpaired) electrons. The summed E-state index contributed by atoms with van der Waals surface area (Å²) < 4.78 is 0. The molecule has 2 unspecified atom stereocenters. The van der Waals surface area contributed by atoms with Crippen LogP contribution in [-0.4, -0.2) is 35.5 Å². The Morgan fingerprint density at radius 3 is 3.07 bits per heavy atom. The summed E-state index contributed by atoms with van der Waals surface area (Å²) in [5.41, 5.74) is 0. The quantitative estimate of drug-likeness (QED) is 0.786. The van der Waals surface area contributed by atoms with Crippen LogP contribution in [0, 0.1) is 11.8 Å². The summed E-state index contributed by atoms with van der Waals surface area (Å²) in [5, 5.41) is 4.66. The van der Waals surface area contributed by atoms with Gasteiger partial charge in [0, 0.05) is 18.8 Å². The average molecular weight is 230 g/mol. The van der Waals surface area contributed by atoms with Crippen molar-refractivity contribution in [3.63, 3.8) is 0 Å². The molecule has 0 aliphatic carbocycles. The van der Waals surface area contributed by atoms with Crippen LogP contribution in [0.15, 0.2) is 4.99 Å². The third-order valence-corrected chi connectivity index (χ3v) is 5.13. The van der Waals surface area contributed by atoms with E-state index in [4.69, 9.17) is 0 Å². The first-order valence-electron chi connectivity index (χ1n) is 5.33. The second kappa shape index (κ2) is 5.31. The third-order valence-electron chi connectivity index (χ3n) is 2.62. The normalized spacial score (nSPS) is 32.8. The molecule has 80 valence electrons. The van der Waals surface area contributed by atoms with Gasteiger partial charge in [-0.2, -0.15) is 11.8 Å². The molecule has 2 atom stereocenters. The van der Waals surface area contributed by atoms with Gasteiger partial charge in [0.2, 0.25) is 0 Å². The molecule has 0 aromatic rings. The van der Waals surface area contributed by atoms with Crippen LogP contribution in [0.2, 0.25) is 0 Å². The van der Waals surface area contributed by atoms with Crippen LogP contribution in [-0.2, 0) is 0 Å². The number of amidine groups is 1. The molecule has 0 amide bonds. The highest BCUT2D eigenvalue weighted by atomic mass is 32.2. The monoisotopic (exact) mass is 230 g/mol. The summed E-state index contributed by atoms with van der Waals surface area (Å²) in [6.07, 6.45) is 1.38. The number of hydrogen-bond acceptors (Lipinski definition) is 4. The van der Waals surface area contributed by atoms with Gasteiger partial charge in [-0.15, -0.1) is 0 Å². The van der Waals surface area contributed by atoms with Crippen molar-refractivity contribution < 1.29 is 0 Å². The molecule has 4 heteroatoms. The molecule has 0 aromatic heterocycles. The lowest BCUT2D eigenvalue weighted by molar-refractivity contribution is 0.579. The van der Waals surface area contributed by atoms with Crippen LogP contribution in [0.5, 0.6) is 0 Å². The maximum absolute atomic E-state index is 4.53. The van der Waals surface area contributed by atoms with Crippen molar-refractivity contribution in [2.24, 2.45) is 16.8 Å². The van der Waals surface area contributed by atoms with Crippen LogP contribution < -0.4 is 5.32 Å². The van der Waals surface area contributed by atoms with E-state index in [1.54, 1.807) is 0 Å². The van der Waals surface area contributed by atoms with Gasteiger partial charge in [-0.05, 0) is 29.8 Å². The Bertz CT molecular complexity index is 212. The predicted molar refractivity (Wildman–Crippen MR) is 67.4 cm³/mol. The highest BCUT2D eigenvalue weighted by molar-refractivity contribution is 8.13. The highest BCUT2D eigenvalue weighted by Crippen LogP contribution is 2.23. The number of aliphatic imine (C=N–C) groups is 1. The molecular weight excluding hydrogens is 212 g/mol. The van der Waals surface area contributed by atoms with Crippen LogP contribution in [0.4, 0.5) is 0 Å². The van der Waals surface area contributed by atoms with Gasteiger partial charge in [-0.25, -0.2) is 0 Å². The molecule has 0 saturated carbocycles. The van der Waals surface area contributed by atoms with Crippen molar-refractivity contribution in [2.45, 2.75) is 13.3 Å². The largest absolute Gasteiger partial charge is 0.365 e. The standard InChI is InChI=1S/C10H18N2S2/c1-8-4-11-10(14-6-8)12-5-9-2-3-13-7-9/h8-9H,2-7H2,1H3,(H,11,12). The average Bonchev–Trinajstić information content (AvgIpc) is 2.70. The predicted octanol–water partition coefficient (Wildman–Crippen LogP) is 2.07. The van der Waals surface area contributed by atoms with Gasteiger partial charge >= 0.3 is 0 Å². The lowest BCUT2D eigenvalue weighted by Gasteiger charge is -2.19. The Labute approximate surface area is 94.7 Å². The van der Waals surface area contributed by atoms with Gasteiger partial charge in [0.25, 0.3) is 0 Å². The molecule has 0 spiro atoms. The summed E-state index contributed by atoms with van der Waals surface area (Å²) in [7, 11) is 0. The van der Waals surface area contributed by atoms with Gasteiger partial charge in [-0.1, -0.05) is 18.7 Å². The molecule has 1 N–H and O–H groups in total. The van der Waals surface area contributed by atoms with Crippen LogP contribution in [0.3, 0.4) is 0 Å². The van der Waals surface area contributed by atoms with Crippen LogP contribution >= 0.6 is 23.5 Å². The first-order valence-corrected chi connectivity index (χ1v) is 7.47. The zero-order chi connectivity index (χ0) is 9.80. The van der Waals surface area contributed by atoms with E-state index >= 15 is 0 Å². The Morgan fingerprint density at radius 2 is 2.43 bits per heavy atom. The molecule has 14 heavy (non-hydrogen) atoms. The second-order valence-electron chi connectivity index (χ2n) is 4.17. The Kier molecular flexibility index (Phi) is 4.05. The highest BCUT2D eigenvalue weighted by Gasteiger charge is 2.17. The van der Waals surface area contributed by atoms with E-state index in [0.717, 1.165) is 24.9 Å². The topological polar surface area (TPSA) is 24.4 Å². The summed E-state index contributed by atoms with van der Waals surface area (Å²) in [5.74, 6) is 5.55. The van der Waals surface area contributed by atoms with E-state index in [1.165, 1.54) is 28.8 Å². The fourth-order valence-corrected chi connectivity index (χ4v) is 3.82. The van der Waals surface area contributed by atoms with Crippen molar-refractivity contribution in [3.05, 3.63) is 0 Å². The minimum Gasteiger partial charge on any atom is -0.365 e. The summed E-state index contributed by atoms with van der Waals surface area (Å²) in [6, 6.07) is 0. The molecular formula is C10H18N2S2. The SMILES string of the molecule is CC1CN=C(NCC2CCSC2)SC1. The van der Waals surface area contributed by atoms with E-state index in [1.807, 2.05) is 11.8 Å². The van der Waals surface area contributed by atoms with Crippen molar-refractivity contribution in [1.29, 1.82) is 0 Å². The lowest BCUT2D eigenvalue weighted by atomic mass is 10.1. The molecule has 2 rings (SSSR count). The number of rotatable bonds is 2. The Morgan fingerprint density at radius 1 is 1.50 bits per heavy atom. The first kappa shape index (κ1) is 10.7. The molecule has 2 heterocycles. The molecule has 1 fully saturated rings. The number of nitrogens with one attached hydrogen (secondary N) is 1. The van der Waals surface area contributed by atoms with Crippen LogP contribution in [0.25, 0.3) is 0 Å². The number of nitrogens with zero attached hydrogens (tertiary/aromatic N) is 1. The molecule has 0 aromatic carbocycles. The Hall–Kier alpha value is 0.170. The maximum Gasteiger partial charge on any atom is 0.156 e. The smallest absolute Gasteiger partial charge is 0.156 e. The number of hydrogen-bond donors (Lipinski definition) is 1. The van der Waals surface area contributed by atoms with Crippen molar-refractivity contribution >= 4 is 28.7 Å². The van der Waals surface area contributed by atoms with Gasteiger partial charge in [-0.3, -0.25) is 4.99 Å². The zero-order valence-electron chi connectivity index (χ0n) is 8.66. The summed E-state index contributed by atoms with van der Waals surface area (Å²) >= 11 is 3.97. The van der Waals surface area contributed by atoms with Crippen molar-refractivity contribution in [3.8, 4) is 0 Å². The van der Waals surface area contributed by atoms with E-state index in [-0.39, 0.29) is 0 Å². The summed E-state index contributed by atoms with van der Waals surface area (Å²) in [4.78, 5) is 4.53. The van der Waals surface area contributed by atoms with Crippen LogP contribution in [0.1, 0.15) is 13.3 Å². The Balaban J connectivity index is 1.69. The van der Waals surface area contributed by atoms with Gasteiger partial charge in [0.05, 0.1) is 0 Å². The maximum atomic E-state index is 4.53. The minimum atomic E-state index is 0.757.